The van der Waals surface area contributed by atoms with Gasteiger partial charge in [0, 0.05) is 16.8 Å². The first kappa shape index (κ1) is 11.7. The molecule has 1 aromatic heterocycles. The van der Waals surface area contributed by atoms with Crippen molar-refractivity contribution in [2.45, 2.75) is 6.42 Å². The van der Waals surface area contributed by atoms with Crippen molar-refractivity contribution >= 4 is 17.6 Å². The van der Waals surface area contributed by atoms with Gasteiger partial charge in [0.2, 0.25) is 0 Å². The molecule has 2 rings (SSSR count). The van der Waals surface area contributed by atoms with Gasteiger partial charge >= 0.3 is 5.97 Å². The monoisotopic (exact) mass is 250 g/mol. The van der Waals surface area contributed by atoms with Crippen LogP contribution in [0, 0.1) is 0 Å². The molecule has 1 heterocycles. The normalized spacial score (nSPS) is 10.2. The molecular weight excluding hydrogens is 240 g/mol. The molecule has 1 aromatic carbocycles. The standard InChI is InChI=1S/C12H11ClN2O2/c1-17-12(16)5-9-4-8(2-3-11(9)13)10-6-14-15-7-10/h2-4,6-7H,5H2,1H3,(H,14,15). The molecule has 0 saturated heterocycles. The van der Waals surface area contributed by atoms with Crippen LogP contribution in [0.25, 0.3) is 11.1 Å². The van der Waals surface area contributed by atoms with Crippen LogP contribution in [-0.2, 0) is 16.0 Å². The summed E-state index contributed by atoms with van der Waals surface area (Å²) in [7, 11) is 1.36. The lowest BCUT2D eigenvalue weighted by atomic mass is 10.0. The number of aromatic amines is 1. The number of carbonyl (C=O) groups is 1. The number of benzene rings is 1. The fourth-order valence-corrected chi connectivity index (χ4v) is 1.71. The third kappa shape index (κ3) is 2.65. The van der Waals surface area contributed by atoms with E-state index in [1.807, 2.05) is 12.1 Å². The average Bonchev–Trinajstić information content (AvgIpc) is 2.85. The Morgan fingerprint density at radius 1 is 1.47 bits per heavy atom. The van der Waals surface area contributed by atoms with E-state index in [0.717, 1.165) is 16.7 Å². The van der Waals surface area contributed by atoms with Crippen LogP contribution in [-0.4, -0.2) is 23.3 Å². The Balaban J connectivity index is 2.33. The number of nitrogens with one attached hydrogen (secondary N) is 1. The number of rotatable bonds is 3. The molecule has 88 valence electrons. The molecule has 0 fully saturated rings. The molecule has 5 heteroatoms. The lowest BCUT2D eigenvalue weighted by molar-refractivity contribution is -0.139. The number of halogens is 1. The summed E-state index contributed by atoms with van der Waals surface area (Å²) in [4.78, 5) is 11.2. The van der Waals surface area contributed by atoms with Gasteiger partial charge in [-0.05, 0) is 23.3 Å². The van der Waals surface area contributed by atoms with Crippen molar-refractivity contribution in [3.63, 3.8) is 0 Å². The third-order valence-electron chi connectivity index (χ3n) is 2.44. The van der Waals surface area contributed by atoms with Gasteiger partial charge in [-0.2, -0.15) is 5.10 Å². The highest BCUT2D eigenvalue weighted by Gasteiger charge is 2.09. The van der Waals surface area contributed by atoms with Crippen LogP contribution in [0.1, 0.15) is 5.56 Å². The zero-order valence-electron chi connectivity index (χ0n) is 9.24. The number of hydrogen-bond acceptors (Lipinski definition) is 3. The Kier molecular flexibility index (Phi) is 3.44. The molecule has 0 spiro atoms. The number of methoxy groups -OCH3 is 1. The van der Waals surface area contributed by atoms with Crippen molar-refractivity contribution in [1.29, 1.82) is 0 Å². The fourth-order valence-electron chi connectivity index (χ4n) is 1.53. The number of nitrogens with zero attached hydrogens (tertiary/aromatic N) is 1. The van der Waals surface area contributed by atoms with Crippen LogP contribution in [0.2, 0.25) is 5.02 Å². The molecule has 2 aromatic rings. The lowest BCUT2D eigenvalue weighted by Gasteiger charge is -2.05. The number of hydrogen-bond donors (Lipinski definition) is 1. The van der Waals surface area contributed by atoms with Gasteiger partial charge in [-0.15, -0.1) is 0 Å². The maximum absolute atomic E-state index is 11.2. The van der Waals surface area contributed by atoms with Gasteiger partial charge in [0.1, 0.15) is 0 Å². The van der Waals surface area contributed by atoms with E-state index in [2.05, 4.69) is 14.9 Å². The summed E-state index contributed by atoms with van der Waals surface area (Å²) in [6.45, 7) is 0. The Morgan fingerprint density at radius 2 is 2.29 bits per heavy atom. The molecule has 0 bridgehead atoms. The van der Waals surface area contributed by atoms with Gasteiger partial charge in [0.25, 0.3) is 0 Å². The van der Waals surface area contributed by atoms with Crippen LogP contribution >= 0.6 is 11.6 Å². The maximum Gasteiger partial charge on any atom is 0.310 e. The quantitative estimate of drug-likeness (QED) is 0.852. The van der Waals surface area contributed by atoms with Gasteiger partial charge in [0.15, 0.2) is 0 Å². The van der Waals surface area contributed by atoms with Crippen molar-refractivity contribution in [1.82, 2.24) is 10.2 Å². The largest absolute Gasteiger partial charge is 0.469 e. The second-order valence-corrected chi connectivity index (χ2v) is 3.95. The number of carbonyl (C=O) groups excluding carboxylic acids is 1. The van der Waals surface area contributed by atoms with Crippen molar-refractivity contribution in [3.8, 4) is 11.1 Å². The maximum atomic E-state index is 11.2. The molecule has 1 N–H and O–H groups in total. The van der Waals surface area contributed by atoms with Gasteiger partial charge in [0.05, 0.1) is 19.7 Å². The minimum absolute atomic E-state index is 0.168. The van der Waals surface area contributed by atoms with E-state index in [9.17, 15) is 4.79 Å². The summed E-state index contributed by atoms with van der Waals surface area (Å²) >= 11 is 6.03. The highest BCUT2D eigenvalue weighted by atomic mass is 35.5. The summed E-state index contributed by atoms with van der Waals surface area (Å²) in [5.41, 5.74) is 2.66. The Bertz CT molecular complexity index is 523. The second-order valence-electron chi connectivity index (χ2n) is 3.55. The van der Waals surface area contributed by atoms with Gasteiger partial charge in [-0.3, -0.25) is 9.89 Å². The fraction of sp³-hybridized carbons (Fsp3) is 0.167. The smallest absolute Gasteiger partial charge is 0.310 e. The average molecular weight is 251 g/mol. The van der Waals surface area contributed by atoms with Crippen molar-refractivity contribution in [2.75, 3.05) is 7.11 Å². The molecule has 0 saturated carbocycles. The van der Waals surface area contributed by atoms with Crippen LogP contribution < -0.4 is 0 Å². The third-order valence-corrected chi connectivity index (χ3v) is 2.81. The molecule has 4 nitrogen and oxygen atoms in total. The summed E-state index contributed by atoms with van der Waals surface area (Å²) in [6, 6.07) is 5.51. The number of esters is 1. The van der Waals surface area contributed by atoms with Gasteiger partial charge in [-0.1, -0.05) is 17.7 Å². The number of ether oxygens (including phenoxy) is 1. The topological polar surface area (TPSA) is 55.0 Å². The summed E-state index contributed by atoms with van der Waals surface area (Å²) in [6.07, 6.45) is 3.66. The number of aromatic nitrogens is 2. The predicted octanol–water partition coefficient (Wildman–Crippen LogP) is 2.45. The van der Waals surface area contributed by atoms with Crippen molar-refractivity contribution < 1.29 is 9.53 Å². The van der Waals surface area contributed by atoms with E-state index < -0.39 is 0 Å². The Labute approximate surface area is 104 Å². The lowest BCUT2D eigenvalue weighted by Crippen LogP contribution is -2.04. The van der Waals surface area contributed by atoms with Crippen LogP contribution in [0.3, 0.4) is 0 Å². The van der Waals surface area contributed by atoms with Crippen LogP contribution in [0.15, 0.2) is 30.6 Å². The van der Waals surface area contributed by atoms with Gasteiger partial charge in [-0.25, -0.2) is 0 Å². The van der Waals surface area contributed by atoms with Crippen LogP contribution in [0.4, 0.5) is 0 Å². The summed E-state index contributed by atoms with van der Waals surface area (Å²) in [5.74, 6) is -0.309. The Morgan fingerprint density at radius 3 is 2.94 bits per heavy atom. The zero-order valence-corrected chi connectivity index (χ0v) is 9.99. The minimum Gasteiger partial charge on any atom is -0.469 e. The molecule has 0 aliphatic heterocycles. The SMILES string of the molecule is COC(=O)Cc1cc(-c2cn[nH]c2)ccc1Cl. The first-order valence-electron chi connectivity index (χ1n) is 5.05. The van der Waals surface area contributed by atoms with E-state index in [1.165, 1.54) is 7.11 Å². The molecular formula is C12H11ClN2O2. The Hall–Kier alpha value is -1.81. The minimum atomic E-state index is -0.309. The molecule has 0 amide bonds. The molecule has 17 heavy (non-hydrogen) atoms. The van der Waals surface area contributed by atoms with E-state index in [1.54, 1.807) is 18.5 Å². The van der Waals surface area contributed by atoms with E-state index in [-0.39, 0.29) is 12.4 Å². The molecule has 0 aliphatic carbocycles. The van der Waals surface area contributed by atoms with E-state index in [0.29, 0.717) is 5.02 Å². The van der Waals surface area contributed by atoms with E-state index >= 15 is 0 Å². The highest BCUT2D eigenvalue weighted by molar-refractivity contribution is 6.31. The summed E-state index contributed by atoms with van der Waals surface area (Å²) in [5, 5.41) is 7.18. The highest BCUT2D eigenvalue weighted by Crippen LogP contribution is 2.25. The van der Waals surface area contributed by atoms with Crippen molar-refractivity contribution in [3.05, 3.63) is 41.2 Å². The molecule has 0 radical (unpaired) electrons. The first-order valence-corrected chi connectivity index (χ1v) is 5.43. The van der Waals surface area contributed by atoms with Crippen LogP contribution in [0.5, 0.6) is 0 Å². The number of H-pyrrole nitrogens is 1. The predicted molar refractivity (Wildman–Crippen MR) is 64.8 cm³/mol. The first-order chi connectivity index (χ1) is 8.20. The van der Waals surface area contributed by atoms with Gasteiger partial charge < -0.3 is 4.74 Å². The molecule has 0 aliphatic rings. The zero-order chi connectivity index (χ0) is 12.3. The molecule has 0 atom stereocenters. The summed E-state index contributed by atoms with van der Waals surface area (Å²) < 4.78 is 4.62. The molecule has 0 unspecified atom stereocenters. The van der Waals surface area contributed by atoms with Crippen molar-refractivity contribution in [2.24, 2.45) is 0 Å². The van der Waals surface area contributed by atoms with E-state index in [4.69, 9.17) is 11.6 Å². The second kappa shape index (κ2) is 5.01.